The number of nitrogens with zero attached hydrogens (tertiary/aromatic N) is 6. The van der Waals surface area contributed by atoms with Gasteiger partial charge in [-0.15, -0.1) is 10.2 Å². The number of rotatable bonds is 3. The third kappa shape index (κ3) is 2.67. The minimum Gasteiger partial charge on any atom is -0.440 e. The molecule has 4 rings (SSSR count). The topological polar surface area (TPSA) is 104 Å². The molecule has 0 aliphatic carbocycles. The van der Waals surface area contributed by atoms with Gasteiger partial charge in [-0.1, -0.05) is 0 Å². The summed E-state index contributed by atoms with van der Waals surface area (Å²) in [5.41, 5.74) is 1.97. The molecule has 0 saturated heterocycles. The third-order valence-corrected chi connectivity index (χ3v) is 3.15. The quantitative estimate of drug-likeness (QED) is 0.529. The number of hydrogen-bond donors (Lipinski definition) is 0. The zero-order chi connectivity index (χ0) is 15.6. The van der Waals surface area contributed by atoms with Gasteiger partial charge in [-0.05, 0) is 23.7 Å². The van der Waals surface area contributed by atoms with E-state index in [1.807, 2.05) is 0 Å². The summed E-state index contributed by atoms with van der Waals surface area (Å²) >= 11 is 5.66. The van der Waals surface area contributed by atoms with E-state index in [2.05, 4.69) is 30.1 Å². The molecule has 8 nitrogen and oxygen atoms in total. The number of hydrogen-bond acceptors (Lipinski definition) is 8. The van der Waals surface area contributed by atoms with Crippen LogP contribution in [0.2, 0.25) is 5.28 Å². The van der Waals surface area contributed by atoms with Crippen molar-refractivity contribution in [3.63, 3.8) is 0 Å². The molecule has 0 atom stereocenters. The highest BCUT2D eigenvalue weighted by atomic mass is 35.5. The SMILES string of the molecule is Clc1ncc(-c2coc(-c3nnc(-c4ccncc4)o3)n2)cn1. The molecular formula is C14H7ClN6O2. The van der Waals surface area contributed by atoms with E-state index in [0.29, 0.717) is 17.1 Å². The van der Waals surface area contributed by atoms with Crippen molar-refractivity contribution in [2.75, 3.05) is 0 Å². The summed E-state index contributed by atoms with van der Waals surface area (Å²) in [6.07, 6.45) is 7.84. The van der Waals surface area contributed by atoms with E-state index < -0.39 is 0 Å². The fourth-order valence-electron chi connectivity index (χ4n) is 1.87. The molecule has 0 aromatic carbocycles. The molecule has 0 fully saturated rings. The molecule has 0 unspecified atom stereocenters. The highest BCUT2D eigenvalue weighted by Gasteiger charge is 2.16. The molecule has 0 saturated carbocycles. The molecule has 0 N–H and O–H groups in total. The van der Waals surface area contributed by atoms with E-state index in [1.54, 1.807) is 36.9 Å². The Morgan fingerprint density at radius 3 is 2.39 bits per heavy atom. The molecule has 0 amide bonds. The monoisotopic (exact) mass is 326 g/mol. The second-order valence-corrected chi connectivity index (χ2v) is 4.76. The van der Waals surface area contributed by atoms with Crippen LogP contribution in [0, 0.1) is 0 Å². The normalized spacial score (nSPS) is 10.8. The van der Waals surface area contributed by atoms with Gasteiger partial charge in [0.15, 0.2) is 0 Å². The standard InChI is InChI=1S/C14H7ClN6O2/c15-14-17-5-9(6-18-14)10-7-22-12(19-10)13-21-20-11(23-13)8-1-3-16-4-2-8/h1-7H. The van der Waals surface area contributed by atoms with Gasteiger partial charge in [0.1, 0.15) is 12.0 Å². The fraction of sp³-hybridized carbons (Fsp3) is 0. The van der Waals surface area contributed by atoms with Crippen LogP contribution in [-0.2, 0) is 0 Å². The summed E-state index contributed by atoms with van der Waals surface area (Å²) in [4.78, 5) is 16.0. The summed E-state index contributed by atoms with van der Waals surface area (Å²) in [6.45, 7) is 0. The Labute approximate surface area is 134 Å². The summed E-state index contributed by atoms with van der Waals surface area (Å²) in [7, 11) is 0. The van der Waals surface area contributed by atoms with Crippen molar-refractivity contribution in [3.8, 4) is 34.5 Å². The lowest BCUT2D eigenvalue weighted by atomic mass is 10.3. The largest absolute Gasteiger partial charge is 0.440 e. The smallest absolute Gasteiger partial charge is 0.304 e. The van der Waals surface area contributed by atoms with E-state index >= 15 is 0 Å². The maximum Gasteiger partial charge on any atom is 0.304 e. The summed E-state index contributed by atoms with van der Waals surface area (Å²) in [5, 5.41) is 8.07. The minimum atomic E-state index is 0.163. The molecule has 112 valence electrons. The number of aromatic nitrogens is 6. The van der Waals surface area contributed by atoms with Gasteiger partial charge in [-0.2, -0.15) is 0 Å². The molecule has 9 heteroatoms. The van der Waals surface area contributed by atoms with Crippen LogP contribution in [0.1, 0.15) is 0 Å². The van der Waals surface area contributed by atoms with Gasteiger partial charge in [0, 0.05) is 35.9 Å². The third-order valence-electron chi connectivity index (χ3n) is 2.96. The minimum absolute atomic E-state index is 0.163. The van der Waals surface area contributed by atoms with Crippen molar-refractivity contribution < 1.29 is 8.83 Å². The van der Waals surface area contributed by atoms with Crippen molar-refractivity contribution in [2.45, 2.75) is 0 Å². The highest BCUT2D eigenvalue weighted by Crippen LogP contribution is 2.25. The molecule has 0 aliphatic heterocycles. The van der Waals surface area contributed by atoms with Gasteiger partial charge in [0.2, 0.25) is 11.2 Å². The fourth-order valence-corrected chi connectivity index (χ4v) is 1.97. The predicted octanol–water partition coefficient (Wildman–Crippen LogP) is 2.90. The molecule has 4 heterocycles. The molecule has 0 radical (unpaired) electrons. The van der Waals surface area contributed by atoms with Crippen LogP contribution in [0.4, 0.5) is 0 Å². The van der Waals surface area contributed by atoms with Gasteiger partial charge < -0.3 is 8.83 Å². The first kappa shape index (κ1) is 13.5. The van der Waals surface area contributed by atoms with Crippen LogP contribution >= 0.6 is 11.6 Å². The van der Waals surface area contributed by atoms with E-state index in [0.717, 1.165) is 5.56 Å². The first-order valence-corrected chi connectivity index (χ1v) is 6.85. The molecule has 0 spiro atoms. The summed E-state index contributed by atoms with van der Waals surface area (Å²) < 4.78 is 10.9. The predicted molar refractivity (Wildman–Crippen MR) is 79.1 cm³/mol. The van der Waals surface area contributed by atoms with Crippen molar-refractivity contribution in [1.29, 1.82) is 0 Å². The van der Waals surface area contributed by atoms with E-state index in [1.165, 1.54) is 6.26 Å². The first-order valence-electron chi connectivity index (χ1n) is 6.47. The summed E-state index contributed by atoms with van der Waals surface area (Å²) in [5.74, 6) is 0.748. The zero-order valence-corrected chi connectivity index (χ0v) is 12.2. The number of pyridine rings is 1. The number of oxazole rings is 1. The van der Waals surface area contributed by atoms with E-state index in [9.17, 15) is 0 Å². The Morgan fingerprint density at radius 1 is 0.870 bits per heavy atom. The second-order valence-electron chi connectivity index (χ2n) is 4.43. The van der Waals surface area contributed by atoms with Gasteiger partial charge in [-0.25, -0.2) is 15.0 Å². The van der Waals surface area contributed by atoms with Crippen molar-refractivity contribution in [3.05, 3.63) is 48.5 Å². The average molecular weight is 327 g/mol. The Bertz CT molecular complexity index is 935. The summed E-state index contributed by atoms with van der Waals surface area (Å²) in [6, 6.07) is 3.53. The lowest BCUT2D eigenvalue weighted by Crippen LogP contribution is -1.85. The zero-order valence-electron chi connectivity index (χ0n) is 11.4. The lowest BCUT2D eigenvalue weighted by molar-refractivity contribution is 0.516. The Hall–Kier alpha value is -3.13. The highest BCUT2D eigenvalue weighted by molar-refractivity contribution is 6.28. The molecule has 0 aliphatic rings. The maximum absolute atomic E-state index is 5.66. The van der Waals surface area contributed by atoms with Crippen molar-refractivity contribution in [1.82, 2.24) is 30.1 Å². The van der Waals surface area contributed by atoms with Crippen LogP contribution in [0.15, 0.2) is 52.0 Å². The Kier molecular flexibility index (Phi) is 3.28. The average Bonchev–Trinajstić information content (AvgIpc) is 3.26. The van der Waals surface area contributed by atoms with E-state index in [4.69, 9.17) is 20.4 Å². The van der Waals surface area contributed by atoms with Crippen LogP contribution in [-0.4, -0.2) is 30.1 Å². The lowest BCUT2D eigenvalue weighted by Gasteiger charge is -1.93. The van der Waals surface area contributed by atoms with Crippen molar-refractivity contribution >= 4 is 11.6 Å². The van der Waals surface area contributed by atoms with Gasteiger partial charge in [-0.3, -0.25) is 4.98 Å². The second kappa shape index (κ2) is 5.58. The number of halogens is 1. The molecule has 0 bridgehead atoms. The van der Waals surface area contributed by atoms with Crippen LogP contribution < -0.4 is 0 Å². The van der Waals surface area contributed by atoms with Crippen LogP contribution in [0.3, 0.4) is 0 Å². The van der Waals surface area contributed by atoms with Crippen molar-refractivity contribution in [2.24, 2.45) is 0 Å². The van der Waals surface area contributed by atoms with Gasteiger partial charge in [0.05, 0.1) is 0 Å². The maximum atomic E-state index is 5.66. The van der Waals surface area contributed by atoms with Crippen LogP contribution in [0.5, 0.6) is 0 Å². The molecule has 23 heavy (non-hydrogen) atoms. The Morgan fingerprint density at radius 2 is 1.61 bits per heavy atom. The Balaban J connectivity index is 1.65. The molecular weight excluding hydrogens is 320 g/mol. The van der Waals surface area contributed by atoms with E-state index in [-0.39, 0.29) is 17.1 Å². The van der Waals surface area contributed by atoms with Gasteiger partial charge >= 0.3 is 5.89 Å². The first-order chi connectivity index (χ1) is 11.3. The molecule has 4 aromatic heterocycles. The van der Waals surface area contributed by atoms with Crippen LogP contribution in [0.25, 0.3) is 34.5 Å². The van der Waals surface area contributed by atoms with Gasteiger partial charge in [0.25, 0.3) is 5.89 Å². The molecule has 4 aromatic rings.